The number of nitrogens with zero attached hydrogens (tertiary/aromatic N) is 3. The molecule has 0 saturated heterocycles. The van der Waals surface area contributed by atoms with Gasteiger partial charge in [-0.25, -0.2) is 9.13 Å². The number of furan rings is 1. The quantitative estimate of drug-likeness (QED) is 0.180. The van der Waals surface area contributed by atoms with Crippen molar-refractivity contribution in [3.05, 3.63) is 142 Å². The van der Waals surface area contributed by atoms with Crippen LogP contribution in [0.25, 0.3) is 21.9 Å². The summed E-state index contributed by atoms with van der Waals surface area (Å²) in [5, 5.41) is 13.2. The number of para-hydroxylation sites is 1. The number of nitro benzene ring substituents is 1. The minimum Gasteiger partial charge on any atom is -1.00 e. The van der Waals surface area contributed by atoms with E-state index in [0.29, 0.717) is 6.54 Å². The topological polar surface area (TPSA) is 65.1 Å². The molecule has 0 N–H and O–H groups in total. The molecule has 4 aromatic carbocycles. The zero-order valence-corrected chi connectivity index (χ0v) is 21.7. The van der Waals surface area contributed by atoms with Gasteiger partial charge >= 0.3 is 0 Å². The van der Waals surface area contributed by atoms with Gasteiger partial charge < -0.3 is 21.4 Å². The van der Waals surface area contributed by atoms with E-state index in [2.05, 4.69) is 77.0 Å². The predicted octanol–water partition coefficient (Wildman–Crippen LogP) is 3.58. The lowest BCUT2D eigenvalue weighted by atomic mass is 9.96. The van der Waals surface area contributed by atoms with Crippen molar-refractivity contribution in [2.45, 2.75) is 19.5 Å². The Hall–Kier alpha value is -4.23. The van der Waals surface area contributed by atoms with E-state index in [0.717, 1.165) is 33.3 Å². The molecule has 184 valence electrons. The Bertz CT molecular complexity index is 1710. The number of hydrogen-bond acceptors (Lipinski definition) is 3. The zero-order valence-electron chi connectivity index (χ0n) is 20.1. The first kappa shape index (κ1) is 24.5. The molecule has 0 fully saturated rings. The third kappa shape index (κ3) is 4.54. The fourth-order valence-corrected chi connectivity index (χ4v) is 4.94. The van der Waals surface area contributed by atoms with Crippen LogP contribution in [0.15, 0.2) is 114 Å². The van der Waals surface area contributed by atoms with Crippen LogP contribution in [0.5, 0.6) is 0 Å². The Morgan fingerprint density at radius 1 is 0.865 bits per heavy atom. The van der Waals surface area contributed by atoms with E-state index < -0.39 is 0 Å². The molecular formula is C30H24BrN3O3. The number of nitro groups is 1. The molecule has 37 heavy (non-hydrogen) atoms. The Balaban J connectivity index is 0.00000280. The van der Waals surface area contributed by atoms with Gasteiger partial charge in [0.1, 0.15) is 30.1 Å². The van der Waals surface area contributed by atoms with E-state index >= 15 is 0 Å². The molecule has 1 unspecified atom stereocenters. The van der Waals surface area contributed by atoms with Crippen LogP contribution in [0.2, 0.25) is 0 Å². The minimum absolute atomic E-state index is 0. The molecular weight excluding hydrogens is 530 g/mol. The van der Waals surface area contributed by atoms with Crippen molar-refractivity contribution in [1.29, 1.82) is 0 Å². The molecule has 2 aromatic heterocycles. The van der Waals surface area contributed by atoms with Crippen LogP contribution < -0.4 is 21.5 Å². The van der Waals surface area contributed by atoms with Crippen LogP contribution >= 0.6 is 0 Å². The Labute approximate surface area is 224 Å². The summed E-state index contributed by atoms with van der Waals surface area (Å²) in [5.74, 6) is 1.08. The van der Waals surface area contributed by atoms with E-state index in [4.69, 9.17) is 4.42 Å². The van der Waals surface area contributed by atoms with Crippen LogP contribution in [0.1, 0.15) is 28.6 Å². The summed E-state index contributed by atoms with van der Waals surface area (Å²) < 4.78 is 10.5. The van der Waals surface area contributed by atoms with E-state index in [1.165, 1.54) is 11.1 Å². The number of halogens is 1. The third-order valence-electron chi connectivity index (χ3n) is 6.81. The molecule has 1 atom stereocenters. The molecule has 6 rings (SSSR count). The number of hydrogen-bond donors (Lipinski definition) is 0. The summed E-state index contributed by atoms with van der Waals surface area (Å²) in [4.78, 5) is 10.6. The molecule has 0 aliphatic rings. The molecule has 0 radical (unpaired) electrons. The Morgan fingerprint density at radius 3 is 2.32 bits per heavy atom. The van der Waals surface area contributed by atoms with Gasteiger partial charge in [-0.1, -0.05) is 54.6 Å². The first-order chi connectivity index (χ1) is 17.6. The highest BCUT2D eigenvalue weighted by atomic mass is 79.9. The molecule has 0 aliphatic heterocycles. The lowest BCUT2D eigenvalue weighted by molar-refractivity contribution is -0.694. The second-order valence-corrected chi connectivity index (χ2v) is 8.97. The van der Waals surface area contributed by atoms with Crippen molar-refractivity contribution >= 4 is 27.6 Å². The maximum Gasteiger partial charge on any atom is 0.269 e. The summed E-state index contributed by atoms with van der Waals surface area (Å²) in [6.07, 6.45) is 4.18. The summed E-state index contributed by atoms with van der Waals surface area (Å²) in [5.41, 5.74) is 5.23. The number of rotatable bonds is 6. The van der Waals surface area contributed by atoms with E-state index in [1.54, 1.807) is 12.1 Å². The normalized spacial score (nSPS) is 11.9. The Morgan fingerprint density at radius 2 is 1.57 bits per heavy atom. The number of imidazole rings is 1. The van der Waals surface area contributed by atoms with Crippen LogP contribution in [0.4, 0.5) is 5.69 Å². The zero-order chi connectivity index (χ0) is 24.6. The monoisotopic (exact) mass is 553 g/mol. The largest absolute Gasteiger partial charge is 1.00 e. The molecule has 6 nitrogen and oxygen atoms in total. The number of non-ortho nitro benzene ring substituents is 1. The van der Waals surface area contributed by atoms with Crippen molar-refractivity contribution in [3.63, 3.8) is 0 Å². The van der Waals surface area contributed by atoms with Gasteiger partial charge in [-0.2, -0.15) is 0 Å². The molecule has 0 bridgehead atoms. The van der Waals surface area contributed by atoms with Crippen LogP contribution in [-0.2, 0) is 6.54 Å². The van der Waals surface area contributed by atoms with Crippen molar-refractivity contribution < 1.29 is 30.9 Å². The summed E-state index contributed by atoms with van der Waals surface area (Å²) in [6.45, 7) is 2.73. The smallest absolute Gasteiger partial charge is 0.269 e. The molecule has 6 aromatic rings. The van der Waals surface area contributed by atoms with Crippen LogP contribution in [0.3, 0.4) is 0 Å². The second kappa shape index (κ2) is 10.0. The van der Waals surface area contributed by atoms with Gasteiger partial charge in [0.05, 0.1) is 4.92 Å². The summed E-state index contributed by atoms with van der Waals surface area (Å²) in [7, 11) is 0. The maximum atomic E-state index is 11.0. The van der Waals surface area contributed by atoms with Gasteiger partial charge in [0.25, 0.3) is 11.5 Å². The summed E-state index contributed by atoms with van der Waals surface area (Å²) >= 11 is 0. The van der Waals surface area contributed by atoms with Crippen molar-refractivity contribution in [2.24, 2.45) is 0 Å². The molecule has 7 heteroatoms. The number of fused-ring (bicyclic) bond motifs is 3. The molecule has 0 spiro atoms. The summed E-state index contributed by atoms with van der Waals surface area (Å²) in [6, 6.07) is 31.8. The average molecular weight is 554 g/mol. The highest BCUT2D eigenvalue weighted by Gasteiger charge is 2.26. The highest BCUT2D eigenvalue weighted by Crippen LogP contribution is 2.34. The standard InChI is InChI=1S/C30H24N3O3.BrH/c1-21-31(20-22-11-14-25(15-12-22)33(34)35)17-18-32(21)30(23-7-3-2-4-8-23)24-13-16-29-27(19-24)26-9-5-6-10-28(26)36-29;/h2-19,30H,20H2,1H3;1H/q+1;/p-1. The number of benzene rings is 4. The second-order valence-electron chi connectivity index (χ2n) is 8.97. The van der Waals surface area contributed by atoms with Crippen molar-refractivity contribution in [1.82, 2.24) is 4.57 Å². The first-order valence-corrected chi connectivity index (χ1v) is 11.8. The number of aromatic nitrogens is 2. The SMILES string of the molecule is Cc1n(C(c2ccccc2)c2ccc3oc4ccccc4c3c2)cc[n+]1Cc1ccc([N+](=O)[O-])cc1.[Br-]. The van der Waals surface area contributed by atoms with Crippen molar-refractivity contribution in [2.75, 3.05) is 0 Å². The van der Waals surface area contributed by atoms with E-state index in [1.807, 2.05) is 36.4 Å². The average Bonchev–Trinajstić information content (AvgIpc) is 3.45. The predicted molar refractivity (Wildman–Crippen MR) is 139 cm³/mol. The van der Waals surface area contributed by atoms with Crippen LogP contribution in [-0.4, -0.2) is 9.49 Å². The lowest BCUT2D eigenvalue weighted by Gasteiger charge is -2.17. The Kier molecular flexibility index (Phi) is 6.63. The third-order valence-corrected chi connectivity index (χ3v) is 6.81. The minimum atomic E-state index is -0.372. The van der Waals surface area contributed by atoms with E-state index in [9.17, 15) is 10.1 Å². The molecule has 2 heterocycles. The van der Waals surface area contributed by atoms with Gasteiger partial charge in [-0.3, -0.25) is 10.1 Å². The first-order valence-electron chi connectivity index (χ1n) is 11.8. The van der Waals surface area contributed by atoms with Gasteiger partial charge in [0.2, 0.25) is 0 Å². The molecule has 0 saturated carbocycles. The lowest BCUT2D eigenvalue weighted by Crippen LogP contribution is -3.00. The highest BCUT2D eigenvalue weighted by molar-refractivity contribution is 6.05. The fourth-order valence-electron chi connectivity index (χ4n) is 4.94. The molecule has 0 amide bonds. The van der Waals surface area contributed by atoms with Gasteiger partial charge in [0, 0.05) is 41.0 Å². The van der Waals surface area contributed by atoms with Crippen molar-refractivity contribution in [3.8, 4) is 0 Å². The van der Waals surface area contributed by atoms with E-state index in [-0.39, 0.29) is 33.6 Å². The van der Waals surface area contributed by atoms with Crippen LogP contribution in [0, 0.1) is 17.0 Å². The fraction of sp³-hybridized carbons (Fsp3) is 0.100. The van der Waals surface area contributed by atoms with Gasteiger partial charge in [-0.15, -0.1) is 0 Å². The molecule has 0 aliphatic carbocycles. The van der Waals surface area contributed by atoms with Gasteiger partial charge in [-0.05, 0) is 35.9 Å². The van der Waals surface area contributed by atoms with Gasteiger partial charge in [0.15, 0.2) is 6.04 Å². The maximum absolute atomic E-state index is 11.0.